The first-order chi connectivity index (χ1) is 19.3. The van der Waals surface area contributed by atoms with Crippen LogP contribution < -0.4 is 9.64 Å². The molecule has 0 N–H and O–H groups in total. The van der Waals surface area contributed by atoms with E-state index in [1.165, 1.54) is 50.4 Å². The average Bonchev–Trinajstić information content (AvgIpc) is 3.44. The number of hydrogen-bond acceptors (Lipinski definition) is 8. The van der Waals surface area contributed by atoms with Crippen molar-refractivity contribution in [3.05, 3.63) is 101 Å². The van der Waals surface area contributed by atoms with E-state index in [1.807, 2.05) is 30.3 Å². The van der Waals surface area contributed by atoms with Gasteiger partial charge in [-0.25, -0.2) is 9.69 Å². The lowest BCUT2D eigenvalue weighted by atomic mass is 9.83. The van der Waals surface area contributed by atoms with Crippen LogP contribution in [0, 0.1) is 11.8 Å². The number of anilines is 1. The topological polar surface area (TPSA) is 110 Å². The first-order valence-electron chi connectivity index (χ1n) is 12.7. The van der Waals surface area contributed by atoms with Gasteiger partial charge in [0.1, 0.15) is 11.8 Å². The largest absolute Gasteiger partial charge is 0.465 e. The van der Waals surface area contributed by atoms with E-state index < -0.39 is 47.7 Å². The molecular weight excluding hydrogens is 512 g/mol. The Morgan fingerprint density at radius 3 is 2.23 bits per heavy atom. The van der Waals surface area contributed by atoms with Crippen molar-refractivity contribution in [3.8, 4) is 5.75 Å². The molecule has 0 bridgehead atoms. The number of rotatable bonds is 5. The number of ketones is 1. The molecule has 0 radical (unpaired) electrons. The smallest absolute Gasteiger partial charge is 0.339 e. The molecule has 40 heavy (non-hydrogen) atoms. The van der Waals surface area contributed by atoms with E-state index in [-0.39, 0.29) is 22.8 Å². The summed E-state index contributed by atoms with van der Waals surface area (Å²) in [4.78, 5) is 69.0. The van der Waals surface area contributed by atoms with Crippen LogP contribution in [0.5, 0.6) is 5.75 Å². The van der Waals surface area contributed by atoms with Gasteiger partial charge in [-0.1, -0.05) is 36.4 Å². The van der Waals surface area contributed by atoms with Crippen LogP contribution in [0.2, 0.25) is 0 Å². The molecule has 2 amide bonds. The third kappa shape index (κ3) is 3.81. The number of para-hydroxylation sites is 1. The fraction of sp³-hybridized carbons (Fsp3) is 0.194. The maximum absolute atomic E-state index is 14.1. The Morgan fingerprint density at radius 1 is 0.825 bits per heavy atom. The van der Waals surface area contributed by atoms with Crippen molar-refractivity contribution in [3.63, 3.8) is 0 Å². The third-order valence-electron chi connectivity index (χ3n) is 7.68. The minimum atomic E-state index is -1.00. The lowest BCUT2D eigenvalue weighted by Crippen LogP contribution is -2.44. The summed E-state index contributed by atoms with van der Waals surface area (Å²) in [6.45, 7) is 1.28. The number of imide groups is 1. The molecule has 6 rings (SSSR count). The van der Waals surface area contributed by atoms with Crippen LogP contribution in [0.3, 0.4) is 0 Å². The Morgan fingerprint density at radius 2 is 1.50 bits per heavy atom. The number of nitrogens with zero attached hydrogens (tertiary/aromatic N) is 2. The summed E-state index contributed by atoms with van der Waals surface area (Å²) in [5.74, 6) is -4.12. The molecule has 2 saturated heterocycles. The zero-order chi connectivity index (χ0) is 28.1. The van der Waals surface area contributed by atoms with Crippen molar-refractivity contribution < 1.29 is 33.4 Å². The van der Waals surface area contributed by atoms with E-state index in [9.17, 15) is 24.0 Å². The van der Waals surface area contributed by atoms with E-state index in [2.05, 4.69) is 0 Å². The molecule has 200 valence electrons. The molecule has 0 spiro atoms. The molecule has 3 aliphatic rings. The summed E-state index contributed by atoms with van der Waals surface area (Å²) in [6.07, 6.45) is 3.64. The maximum atomic E-state index is 14.1. The van der Waals surface area contributed by atoms with Gasteiger partial charge in [-0.05, 0) is 53.6 Å². The Labute approximate surface area is 229 Å². The lowest BCUT2D eigenvalue weighted by Gasteiger charge is -2.35. The quantitative estimate of drug-likeness (QED) is 0.210. The molecule has 0 aromatic heterocycles. The average molecular weight is 537 g/mol. The minimum Gasteiger partial charge on any atom is -0.465 e. The van der Waals surface area contributed by atoms with Crippen molar-refractivity contribution in [2.75, 3.05) is 12.0 Å². The first kappa shape index (κ1) is 25.2. The van der Waals surface area contributed by atoms with Crippen LogP contribution in [0.4, 0.5) is 5.69 Å². The van der Waals surface area contributed by atoms with Crippen LogP contribution in [-0.4, -0.2) is 47.6 Å². The molecule has 2 fully saturated rings. The number of hydrogen-bond donors (Lipinski definition) is 0. The molecule has 9 nitrogen and oxygen atoms in total. The SMILES string of the molecule is COC(=O)c1ccccc1N1C(=O)[C@@H]2[C@H](C1=O)[C@H]1c3ccccc3C=CN1[C@H]2C(=O)c1ccc(OC(C)=O)cc1. The van der Waals surface area contributed by atoms with Crippen LogP contribution in [0.1, 0.15) is 44.8 Å². The second-order valence-electron chi connectivity index (χ2n) is 9.84. The highest BCUT2D eigenvalue weighted by atomic mass is 16.5. The monoisotopic (exact) mass is 536 g/mol. The van der Waals surface area contributed by atoms with Crippen LogP contribution in [0.25, 0.3) is 6.08 Å². The highest BCUT2D eigenvalue weighted by molar-refractivity contribution is 6.26. The fourth-order valence-corrected chi connectivity index (χ4v) is 6.07. The summed E-state index contributed by atoms with van der Waals surface area (Å²) in [5, 5.41) is 0. The van der Waals surface area contributed by atoms with E-state index in [4.69, 9.17) is 9.47 Å². The predicted molar refractivity (Wildman–Crippen MR) is 143 cm³/mol. The minimum absolute atomic E-state index is 0.0800. The van der Waals surface area contributed by atoms with Crippen molar-refractivity contribution in [2.45, 2.75) is 19.0 Å². The molecule has 3 aromatic rings. The molecule has 0 aliphatic carbocycles. The van der Waals surface area contributed by atoms with Crippen molar-refractivity contribution in [1.82, 2.24) is 4.90 Å². The van der Waals surface area contributed by atoms with Gasteiger partial charge >= 0.3 is 11.9 Å². The molecule has 0 unspecified atom stereocenters. The van der Waals surface area contributed by atoms with Gasteiger partial charge in [-0.2, -0.15) is 0 Å². The number of fused-ring (bicyclic) bond motifs is 5. The first-order valence-corrected chi connectivity index (χ1v) is 12.7. The molecular formula is C31H24N2O7. The summed E-state index contributed by atoms with van der Waals surface area (Å²) >= 11 is 0. The Hall–Kier alpha value is -5.05. The van der Waals surface area contributed by atoms with Crippen LogP contribution >= 0.6 is 0 Å². The van der Waals surface area contributed by atoms with Gasteiger partial charge in [0.2, 0.25) is 11.8 Å². The number of carbonyl (C=O) groups excluding carboxylic acids is 5. The zero-order valence-electron chi connectivity index (χ0n) is 21.6. The number of Topliss-reactive ketones (excluding diaryl/α,β-unsaturated/α-hetero) is 1. The number of benzene rings is 3. The van der Waals surface area contributed by atoms with Gasteiger partial charge < -0.3 is 14.4 Å². The molecule has 9 heteroatoms. The van der Waals surface area contributed by atoms with Crippen LogP contribution in [-0.2, 0) is 19.1 Å². The highest BCUT2D eigenvalue weighted by Gasteiger charge is 2.64. The van der Waals surface area contributed by atoms with Crippen LogP contribution in [0.15, 0.2) is 79.0 Å². The summed E-state index contributed by atoms with van der Waals surface area (Å²) < 4.78 is 9.98. The van der Waals surface area contributed by atoms with Crippen molar-refractivity contribution in [1.29, 1.82) is 0 Å². The van der Waals surface area contributed by atoms with Gasteiger partial charge in [-0.3, -0.25) is 19.2 Å². The van der Waals surface area contributed by atoms with E-state index in [1.54, 1.807) is 23.2 Å². The van der Waals surface area contributed by atoms with Crippen molar-refractivity contribution >= 4 is 41.3 Å². The fourth-order valence-electron chi connectivity index (χ4n) is 6.07. The lowest BCUT2D eigenvalue weighted by molar-refractivity contribution is -0.132. The summed E-state index contributed by atoms with van der Waals surface area (Å²) in [6, 6.07) is 18.4. The van der Waals surface area contributed by atoms with Crippen molar-refractivity contribution in [2.24, 2.45) is 11.8 Å². The van der Waals surface area contributed by atoms with Gasteiger partial charge in [0.25, 0.3) is 0 Å². The molecule has 0 saturated carbocycles. The maximum Gasteiger partial charge on any atom is 0.339 e. The number of ether oxygens (including phenoxy) is 2. The van der Waals surface area contributed by atoms with E-state index >= 15 is 0 Å². The summed E-state index contributed by atoms with van der Waals surface area (Å²) in [7, 11) is 1.23. The molecule has 3 heterocycles. The van der Waals surface area contributed by atoms with Gasteiger partial charge in [0.15, 0.2) is 5.78 Å². The highest BCUT2D eigenvalue weighted by Crippen LogP contribution is 2.54. The molecule has 3 aliphatic heterocycles. The Bertz CT molecular complexity index is 1610. The van der Waals surface area contributed by atoms with Gasteiger partial charge in [-0.15, -0.1) is 0 Å². The van der Waals surface area contributed by atoms with Gasteiger partial charge in [0, 0.05) is 18.7 Å². The second kappa shape index (κ2) is 9.60. The van der Waals surface area contributed by atoms with E-state index in [0.29, 0.717) is 5.56 Å². The summed E-state index contributed by atoms with van der Waals surface area (Å²) in [5.41, 5.74) is 2.25. The number of esters is 2. The Kier molecular flexibility index (Phi) is 6.06. The number of carbonyl (C=O) groups is 5. The number of amides is 2. The third-order valence-corrected chi connectivity index (χ3v) is 7.68. The molecule has 4 atom stereocenters. The van der Waals surface area contributed by atoms with Gasteiger partial charge in [0.05, 0.1) is 36.2 Å². The second-order valence-corrected chi connectivity index (χ2v) is 9.84. The Balaban J connectivity index is 1.46. The standard InChI is InChI=1S/C31H24N2O7/c1-17(34)40-20-13-11-19(12-14-20)28(35)27-25-24(26-21-8-4-3-7-18(21)15-16-32(26)27)29(36)33(30(25)37)23-10-6-5-9-22(23)31(38)39-2/h3-16,24-27H,1-2H3/t24-,25+,26+,27+/m0/s1. The predicted octanol–water partition coefficient (Wildman–Crippen LogP) is 3.80. The zero-order valence-corrected chi connectivity index (χ0v) is 21.6. The van der Waals surface area contributed by atoms with E-state index in [0.717, 1.165) is 16.0 Å². The number of methoxy groups -OCH3 is 1. The molecule has 3 aromatic carbocycles. The normalized spacial score (nSPS) is 22.4.